The van der Waals surface area contributed by atoms with E-state index in [4.69, 9.17) is 9.47 Å². The van der Waals surface area contributed by atoms with E-state index in [9.17, 15) is 18.8 Å². The standard InChI is InChI=1S/C35H26FNO5/c1-41-23-16-17-28(42-2)26(19-23)30-31(32(38)21-11-14-22(36)15-12-21)37-27-10-6-3-7-20(27)13-18-29(37)35(30)33(39)24-8-4-5-9-25(24)34(35)40/h3-19,29-31H,1-2H3/t29?,30-,31+/m0/s1. The van der Waals surface area contributed by atoms with Gasteiger partial charge >= 0.3 is 0 Å². The minimum atomic E-state index is -1.69. The zero-order valence-corrected chi connectivity index (χ0v) is 22.9. The number of methoxy groups -OCH3 is 2. The van der Waals surface area contributed by atoms with Crippen molar-refractivity contribution >= 4 is 29.1 Å². The molecule has 0 saturated carbocycles. The summed E-state index contributed by atoms with van der Waals surface area (Å²) in [6, 6.07) is 23.2. The van der Waals surface area contributed by atoms with Crippen molar-refractivity contribution in [2.45, 2.75) is 18.0 Å². The largest absolute Gasteiger partial charge is 0.497 e. The van der Waals surface area contributed by atoms with Crippen molar-refractivity contribution in [1.29, 1.82) is 0 Å². The Labute approximate surface area is 242 Å². The molecule has 1 fully saturated rings. The van der Waals surface area contributed by atoms with Gasteiger partial charge in [0.05, 0.1) is 20.3 Å². The number of carbonyl (C=O) groups excluding carboxylic acids is 3. The minimum Gasteiger partial charge on any atom is -0.497 e. The van der Waals surface area contributed by atoms with Crippen LogP contribution in [-0.2, 0) is 0 Å². The predicted octanol–water partition coefficient (Wildman–Crippen LogP) is 6.16. The summed E-state index contributed by atoms with van der Waals surface area (Å²) >= 11 is 0. The molecule has 3 atom stereocenters. The molecule has 6 nitrogen and oxygen atoms in total. The van der Waals surface area contributed by atoms with Gasteiger partial charge in [-0.3, -0.25) is 14.4 Å². The molecular formula is C35H26FNO5. The Kier molecular flexibility index (Phi) is 5.87. The molecule has 0 N–H and O–H groups in total. The molecule has 1 spiro atoms. The summed E-state index contributed by atoms with van der Waals surface area (Å²) in [6.07, 6.45) is 3.77. The van der Waals surface area contributed by atoms with Crippen LogP contribution >= 0.6 is 0 Å². The van der Waals surface area contributed by atoms with Crippen molar-refractivity contribution in [2.24, 2.45) is 5.41 Å². The van der Waals surface area contributed by atoms with E-state index in [-0.39, 0.29) is 22.9 Å². The van der Waals surface area contributed by atoms with Crippen LogP contribution in [-0.4, -0.2) is 43.7 Å². The third kappa shape index (κ3) is 3.40. The van der Waals surface area contributed by atoms with Crippen LogP contribution in [0.25, 0.3) is 6.08 Å². The van der Waals surface area contributed by atoms with Crippen molar-refractivity contribution in [3.8, 4) is 11.5 Å². The number of fused-ring (bicyclic) bond motifs is 5. The van der Waals surface area contributed by atoms with Crippen LogP contribution in [0.2, 0.25) is 0 Å². The number of carbonyl (C=O) groups is 3. The molecule has 3 aliphatic rings. The summed E-state index contributed by atoms with van der Waals surface area (Å²) in [4.78, 5) is 46.2. The molecule has 4 aromatic carbocycles. The third-order valence-corrected chi connectivity index (χ3v) is 8.88. The van der Waals surface area contributed by atoms with Gasteiger partial charge in [-0.25, -0.2) is 4.39 Å². The number of anilines is 1. The quantitative estimate of drug-likeness (QED) is 0.216. The van der Waals surface area contributed by atoms with E-state index in [1.807, 2.05) is 41.3 Å². The summed E-state index contributed by atoms with van der Waals surface area (Å²) in [6.45, 7) is 0. The molecule has 0 bridgehead atoms. The van der Waals surface area contributed by atoms with Gasteiger partial charge in [0.25, 0.3) is 0 Å². The summed E-state index contributed by atoms with van der Waals surface area (Å²) in [7, 11) is 3.04. The fraction of sp³-hybridized carbons (Fsp3) is 0.171. The predicted molar refractivity (Wildman–Crippen MR) is 156 cm³/mol. The molecular weight excluding hydrogens is 533 g/mol. The first-order chi connectivity index (χ1) is 20.4. The number of benzene rings is 4. The van der Waals surface area contributed by atoms with Gasteiger partial charge < -0.3 is 14.4 Å². The second-order valence-electron chi connectivity index (χ2n) is 10.7. The summed E-state index contributed by atoms with van der Waals surface area (Å²) < 4.78 is 25.3. The molecule has 7 heteroatoms. The van der Waals surface area contributed by atoms with Gasteiger partial charge in [-0.1, -0.05) is 54.6 Å². The number of ether oxygens (including phenoxy) is 2. The topological polar surface area (TPSA) is 72.9 Å². The second kappa shape index (κ2) is 9.52. The number of rotatable bonds is 5. The fourth-order valence-electron chi connectivity index (χ4n) is 7.13. The average Bonchev–Trinajstić information content (AvgIpc) is 3.46. The third-order valence-electron chi connectivity index (χ3n) is 8.88. The Bertz CT molecular complexity index is 1780. The van der Waals surface area contributed by atoms with E-state index in [0.29, 0.717) is 28.2 Å². The Balaban J connectivity index is 1.58. The number of ketones is 3. The van der Waals surface area contributed by atoms with Gasteiger partial charge in [-0.2, -0.15) is 0 Å². The zero-order valence-electron chi connectivity index (χ0n) is 22.9. The molecule has 1 saturated heterocycles. The van der Waals surface area contributed by atoms with Gasteiger partial charge in [0.15, 0.2) is 17.3 Å². The van der Waals surface area contributed by atoms with E-state index in [0.717, 1.165) is 11.3 Å². The first-order valence-electron chi connectivity index (χ1n) is 13.7. The molecule has 0 radical (unpaired) electrons. The summed E-state index contributed by atoms with van der Waals surface area (Å²) in [5.41, 5.74) is 1.33. The van der Waals surface area contributed by atoms with Gasteiger partial charge in [0, 0.05) is 33.9 Å². The normalized spacial score (nSPS) is 21.2. The maximum atomic E-state index is 14.8. The number of Topliss-reactive ketones (excluding diaryl/α,β-unsaturated/α-hetero) is 3. The van der Waals surface area contributed by atoms with E-state index in [1.54, 1.807) is 42.5 Å². The Morgan fingerprint density at radius 1 is 0.833 bits per heavy atom. The number of halogens is 1. The Hall–Kier alpha value is -5.04. The molecule has 0 aromatic heterocycles. The van der Waals surface area contributed by atoms with E-state index in [2.05, 4.69) is 0 Å². The highest BCUT2D eigenvalue weighted by Crippen LogP contribution is 2.62. The first kappa shape index (κ1) is 25.9. The van der Waals surface area contributed by atoms with Crippen LogP contribution in [0.15, 0.2) is 97.1 Å². The molecule has 1 unspecified atom stereocenters. The lowest BCUT2D eigenvalue weighted by atomic mass is 9.64. The minimum absolute atomic E-state index is 0.270. The second-order valence-corrected chi connectivity index (χ2v) is 10.7. The monoisotopic (exact) mass is 559 g/mol. The number of para-hydroxylation sites is 1. The molecule has 208 valence electrons. The van der Waals surface area contributed by atoms with Crippen molar-refractivity contribution in [3.05, 3.63) is 131 Å². The Morgan fingerprint density at radius 3 is 2.17 bits per heavy atom. The lowest BCUT2D eigenvalue weighted by molar-refractivity contribution is 0.0664. The number of nitrogens with zero attached hydrogens (tertiary/aromatic N) is 1. The maximum Gasteiger partial charge on any atom is 0.185 e. The van der Waals surface area contributed by atoms with E-state index < -0.39 is 29.2 Å². The zero-order chi connectivity index (χ0) is 29.2. The lowest BCUT2D eigenvalue weighted by Gasteiger charge is -2.37. The van der Waals surface area contributed by atoms with Crippen LogP contribution < -0.4 is 14.4 Å². The maximum absolute atomic E-state index is 14.8. The van der Waals surface area contributed by atoms with Crippen molar-refractivity contribution in [3.63, 3.8) is 0 Å². The van der Waals surface area contributed by atoms with Gasteiger partial charge in [0.2, 0.25) is 0 Å². The van der Waals surface area contributed by atoms with Crippen molar-refractivity contribution < 1.29 is 28.2 Å². The van der Waals surface area contributed by atoms with Gasteiger partial charge in [0.1, 0.15) is 28.8 Å². The molecule has 4 aromatic rings. The molecule has 0 amide bonds. The van der Waals surface area contributed by atoms with Gasteiger partial charge in [-0.15, -0.1) is 0 Å². The van der Waals surface area contributed by atoms with Crippen LogP contribution in [0.3, 0.4) is 0 Å². The highest BCUT2D eigenvalue weighted by atomic mass is 19.1. The van der Waals surface area contributed by atoms with Crippen LogP contribution in [0, 0.1) is 11.2 Å². The number of hydrogen-bond acceptors (Lipinski definition) is 6. The SMILES string of the molecule is COc1ccc(OC)c([C@H]2[C@H](C(=O)c3ccc(F)cc3)N3c4ccccc4C=CC3C23C(=O)c2ccccc2C3=O)c1. The fourth-order valence-corrected chi connectivity index (χ4v) is 7.13. The van der Waals surface area contributed by atoms with Crippen LogP contribution in [0.5, 0.6) is 11.5 Å². The summed E-state index contributed by atoms with van der Waals surface area (Å²) in [5.74, 6) is -1.56. The molecule has 2 aliphatic heterocycles. The van der Waals surface area contributed by atoms with Crippen molar-refractivity contribution in [1.82, 2.24) is 0 Å². The van der Waals surface area contributed by atoms with Gasteiger partial charge in [-0.05, 0) is 54.1 Å². The van der Waals surface area contributed by atoms with Crippen molar-refractivity contribution in [2.75, 3.05) is 19.1 Å². The first-order valence-corrected chi connectivity index (χ1v) is 13.7. The van der Waals surface area contributed by atoms with E-state index in [1.165, 1.54) is 38.5 Å². The smallest absolute Gasteiger partial charge is 0.185 e. The highest BCUT2D eigenvalue weighted by Gasteiger charge is 2.72. The molecule has 7 rings (SSSR count). The molecule has 2 heterocycles. The average molecular weight is 560 g/mol. The lowest BCUT2D eigenvalue weighted by Crippen LogP contribution is -2.48. The van der Waals surface area contributed by atoms with E-state index >= 15 is 0 Å². The molecule has 42 heavy (non-hydrogen) atoms. The highest BCUT2D eigenvalue weighted by molar-refractivity contribution is 6.32. The summed E-state index contributed by atoms with van der Waals surface area (Å²) in [5, 5.41) is 0. The number of hydrogen-bond donors (Lipinski definition) is 0. The Morgan fingerprint density at radius 2 is 1.50 bits per heavy atom. The molecule has 1 aliphatic carbocycles. The van der Waals surface area contributed by atoms with Crippen LogP contribution in [0.4, 0.5) is 10.1 Å². The van der Waals surface area contributed by atoms with Crippen LogP contribution in [0.1, 0.15) is 48.1 Å².